The van der Waals surface area contributed by atoms with E-state index in [4.69, 9.17) is 10.5 Å². The Hall–Kier alpha value is -1.43. The van der Waals surface area contributed by atoms with Gasteiger partial charge in [0.05, 0.1) is 6.61 Å². The fraction of sp³-hybridized carbons (Fsp3) is 0.929. The van der Waals surface area contributed by atoms with Gasteiger partial charge in [0.15, 0.2) is 0 Å². The van der Waals surface area contributed by atoms with E-state index in [0.717, 1.165) is 64.2 Å². The van der Waals surface area contributed by atoms with Gasteiger partial charge >= 0.3 is 5.97 Å². The van der Waals surface area contributed by atoms with E-state index < -0.39 is 12.0 Å². The fourth-order valence-electron chi connectivity index (χ4n) is 6.59. The molecular weight excluding hydrogens is 596 g/mol. The Kier molecular flexibility index (Phi) is 35.7. The molecule has 0 saturated carbocycles. The average Bonchev–Trinajstić information content (AvgIpc) is 3.08. The minimum Gasteiger partial charge on any atom is -0.464 e. The van der Waals surface area contributed by atoms with Crippen LogP contribution in [0.25, 0.3) is 0 Å². The third-order valence-electron chi connectivity index (χ3n) is 9.78. The largest absolute Gasteiger partial charge is 0.464 e. The molecule has 6 nitrogen and oxygen atoms in total. The maximum atomic E-state index is 13.7. The van der Waals surface area contributed by atoms with E-state index in [0.29, 0.717) is 38.8 Å². The zero-order chi connectivity index (χ0) is 35.3. The molecule has 1 unspecified atom stereocenters. The van der Waals surface area contributed by atoms with E-state index in [2.05, 4.69) is 20.8 Å². The Morgan fingerprint density at radius 1 is 0.458 bits per heavy atom. The summed E-state index contributed by atoms with van der Waals surface area (Å²) in [6.45, 7) is 7.61. The van der Waals surface area contributed by atoms with Gasteiger partial charge in [-0.3, -0.25) is 14.5 Å². The van der Waals surface area contributed by atoms with Gasteiger partial charge in [-0.15, -0.1) is 0 Å². The van der Waals surface area contributed by atoms with Crippen molar-refractivity contribution in [2.24, 2.45) is 5.73 Å². The van der Waals surface area contributed by atoms with Gasteiger partial charge in [-0.1, -0.05) is 181 Å². The highest BCUT2D eigenvalue weighted by molar-refractivity contribution is 5.99. The van der Waals surface area contributed by atoms with Crippen LogP contribution in [0.2, 0.25) is 0 Å². The summed E-state index contributed by atoms with van der Waals surface area (Å²) in [5.41, 5.74) is 5.78. The lowest BCUT2D eigenvalue weighted by atomic mass is 10.0. The molecule has 2 amide bonds. The number of hydrogen-bond donors (Lipinski definition) is 1. The summed E-state index contributed by atoms with van der Waals surface area (Å²) >= 11 is 0. The summed E-state index contributed by atoms with van der Waals surface area (Å²) < 4.78 is 5.77. The van der Waals surface area contributed by atoms with Crippen LogP contribution in [0.1, 0.15) is 233 Å². The molecule has 0 spiro atoms. The number of carbonyl (C=O) groups is 3. The van der Waals surface area contributed by atoms with Crippen LogP contribution in [-0.4, -0.2) is 41.9 Å². The molecule has 0 aliphatic carbocycles. The normalized spacial score (nSPS) is 11.9. The second kappa shape index (κ2) is 36.8. The second-order valence-corrected chi connectivity index (χ2v) is 14.5. The van der Waals surface area contributed by atoms with Gasteiger partial charge in [0.2, 0.25) is 11.8 Å². The number of imide groups is 1. The van der Waals surface area contributed by atoms with Crippen molar-refractivity contribution in [3.63, 3.8) is 0 Å². The monoisotopic (exact) mass is 679 g/mol. The van der Waals surface area contributed by atoms with E-state index in [9.17, 15) is 14.4 Å². The van der Waals surface area contributed by atoms with Crippen molar-refractivity contribution in [2.75, 3.05) is 13.2 Å². The van der Waals surface area contributed by atoms with E-state index in [1.807, 2.05) is 0 Å². The highest BCUT2D eigenvalue weighted by Gasteiger charge is 2.34. The van der Waals surface area contributed by atoms with Crippen LogP contribution < -0.4 is 5.73 Å². The number of carbonyl (C=O) groups excluding carboxylic acids is 3. The lowest BCUT2D eigenvalue weighted by Gasteiger charge is -2.29. The highest BCUT2D eigenvalue weighted by atomic mass is 16.5. The number of nitrogens with zero attached hydrogens (tertiary/aromatic N) is 1. The molecule has 0 radical (unpaired) electrons. The molecule has 0 bridgehead atoms. The Balaban J connectivity index is 5.04. The van der Waals surface area contributed by atoms with Gasteiger partial charge in [0, 0.05) is 12.8 Å². The van der Waals surface area contributed by atoms with Gasteiger partial charge in [0.1, 0.15) is 6.04 Å². The maximum absolute atomic E-state index is 13.7. The number of unbranched alkanes of at least 4 members (excludes halogenated alkanes) is 26. The summed E-state index contributed by atoms with van der Waals surface area (Å²) in [6.07, 6.45) is 35.7. The highest BCUT2D eigenvalue weighted by Crippen LogP contribution is 2.19. The number of rotatable bonds is 37. The molecule has 0 aromatic heterocycles. The number of amides is 2. The van der Waals surface area contributed by atoms with Gasteiger partial charge < -0.3 is 10.5 Å². The maximum Gasteiger partial charge on any atom is 0.329 e. The Morgan fingerprint density at radius 3 is 1.15 bits per heavy atom. The van der Waals surface area contributed by atoms with E-state index in [-0.39, 0.29) is 11.8 Å². The molecule has 0 saturated heterocycles. The first-order valence-electron chi connectivity index (χ1n) is 21.2. The summed E-state index contributed by atoms with van der Waals surface area (Å²) in [7, 11) is 0. The third-order valence-corrected chi connectivity index (χ3v) is 9.78. The van der Waals surface area contributed by atoms with Crippen LogP contribution in [0.4, 0.5) is 0 Å². The zero-order valence-electron chi connectivity index (χ0n) is 32.5. The SMILES string of the molecule is CCCCCCCCCCCCOC(=O)C(CCCCN)N(C(=O)CCCCCCCCCCC)C(=O)CCCCCCCCCCC. The molecule has 0 aromatic rings. The van der Waals surface area contributed by atoms with Crippen LogP contribution in [0.15, 0.2) is 0 Å². The molecule has 0 aliphatic heterocycles. The molecule has 0 heterocycles. The number of ether oxygens (including phenoxy) is 1. The van der Waals surface area contributed by atoms with E-state index in [1.165, 1.54) is 127 Å². The topological polar surface area (TPSA) is 89.7 Å². The number of esters is 1. The van der Waals surface area contributed by atoms with Crippen molar-refractivity contribution in [1.82, 2.24) is 4.90 Å². The van der Waals surface area contributed by atoms with E-state index in [1.54, 1.807) is 0 Å². The minimum atomic E-state index is -0.836. The Bertz CT molecular complexity index is 694. The molecule has 0 fully saturated rings. The van der Waals surface area contributed by atoms with Gasteiger partial charge in [-0.05, 0) is 45.1 Å². The molecule has 0 aromatic carbocycles. The number of hydrogen-bond acceptors (Lipinski definition) is 5. The summed E-state index contributed by atoms with van der Waals surface area (Å²) in [6, 6.07) is -0.836. The van der Waals surface area contributed by atoms with Crippen LogP contribution in [0.5, 0.6) is 0 Å². The van der Waals surface area contributed by atoms with Gasteiger partial charge in [0.25, 0.3) is 0 Å². The lowest BCUT2D eigenvalue weighted by molar-refractivity contribution is -0.162. The first-order valence-corrected chi connectivity index (χ1v) is 21.2. The molecule has 48 heavy (non-hydrogen) atoms. The summed E-state index contributed by atoms with van der Waals surface area (Å²) in [4.78, 5) is 42.1. The minimum absolute atomic E-state index is 0.201. The van der Waals surface area contributed by atoms with Crippen molar-refractivity contribution in [2.45, 2.75) is 239 Å². The Labute approximate surface area is 298 Å². The smallest absolute Gasteiger partial charge is 0.329 e. The first kappa shape index (κ1) is 46.6. The fourth-order valence-corrected chi connectivity index (χ4v) is 6.59. The second-order valence-electron chi connectivity index (χ2n) is 14.5. The first-order chi connectivity index (χ1) is 23.5. The van der Waals surface area contributed by atoms with Gasteiger partial charge in [-0.25, -0.2) is 4.79 Å². The molecule has 2 N–H and O–H groups in total. The molecule has 1 atom stereocenters. The predicted molar refractivity (Wildman–Crippen MR) is 205 cm³/mol. The standard InChI is InChI=1S/C42H82N2O4/c1-4-7-10-13-16-19-22-25-28-33-38-48-42(47)39(34-31-32-37-43)44(40(45)35-29-26-23-20-17-14-11-8-5-2)41(46)36-30-27-24-21-18-15-12-9-6-3/h39H,4-38,43H2,1-3H3. The van der Waals surface area contributed by atoms with Crippen LogP contribution in [0, 0.1) is 0 Å². The molecule has 0 aliphatic rings. The summed E-state index contributed by atoms with van der Waals surface area (Å²) in [5.74, 6) is -0.816. The molecule has 6 heteroatoms. The quantitative estimate of drug-likeness (QED) is 0.0521. The van der Waals surface area contributed by atoms with Crippen molar-refractivity contribution in [1.29, 1.82) is 0 Å². The number of nitrogens with two attached hydrogens (primary N) is 1. The zero-order valence-corrected chi connectivity index (χ0v) is 32.5. The van der Waals surface area contributed by atoms with Crippen LogP contribution in [0.3, 0.4) is 0 Å². The average molecular weight is 679 g/mol. The van der Waals surface area contributed by atoms with Crippen LogP contribution >= 0.6 is 0 Å². The lowest BCUT2D eigenvalue weighted by Crippen LogP contribution is -2.49. The van der Waals surface area contributed by atoms with Crippen molar-refractivity contribution < 1.29 is 19.1 Å². The summed E-state index contributed by atoms with van der Waals surface area (Å²) in [5, 5.41) is 0. The van der Waals surface area contributed by atoms with Crippen molar-refractivity contribution >= 4 is 17.8 Å². The van der Waals surface area contributed by atoms with Gasteiger partial charge in [-0.2, -0.15) is 0 Å². The predicted octanol–water partition coefficient (Wildman–Crippen LogP) is 12.1. The Morgan fingerprint density at radius 2 is 0.792 bits per heavy atom. The molecular formula is C42H82N2O4. The molecule has 0 rings (SSSR count). The van der Waals surface area contributed by atoms with Crippen molar-refractivity contribution in [3.05, 3.63) is 0 Å². The third kappa shape index (κ3) is 28.4. The van der Waals surface area contributed by atoms with Crippen LogP contribution in [-0.2, 0) is 19.1 Å². The van der Waals surface area contributed by atoms with Crippen molar-refractivity contribution in [3.8, 4) is 0 Å². The molecule has 284 valence electrons. The van der Waals surface area contributed by atoms with E-state index >= 15 is 0 Å².